The topological polar surface area (TPSA) is 104 Å². The lowest BCUT2D eigenvalue weighted by molar-refractivity contribution is -0.114. The van der Waals surface area contributed by atoms with E-state index in [-0.39, 0.29) is 5.91 Å². The van der Waals surface area contributed by atoms with E-state index in [1.54, 1.807) is 30.6 Å². The van der Waals surface area contributed by atoms with Gasteiger partial charge in [-0.1, -0.05) is 6.92 Å². The molecule has 0 unspecified atom stereocenters. The van der Waals surface area contributed by atoms with Crippen LogP contribution in [0.2, 0.25) is 0 Å². The van der Waals surface area contributed by atoms with E-state index in [1.807, 2.05) is 6.92 Å². The monoisotopic (exact) mass is 375 g/mol. The Morgan fingerprint density at radius 2 is 2.00 bits per heavy atom. The van der Waals surface area contributed by atoms with Crippen LogP contribution in [0.3, 0.4) is 0 Å². The van der Waals surface area contributed by atoms with Crippen LogP contribution < -0.4 is 10.0 Å². The molecule has 1 aliphatic rings. The fourth-order valence-corrected chi connectivity index (χ4v) is 3.93. The van der Waals surface area contributed by atoms with Gasteiger partial charge in [0.2, 0.25) is 5.91 Å². The van der Waals surface area contributed by atoms with Gasteiger partial charge >= 0.3 is 10.2 Å². The Hall–Kier alpha value is -2.52. The van der Waals surface area contributed by atoms with Crippen LogP contribution in [0, 0.1) is 0 Å². The molecule has 0 atom stereocenters. The number of carbonyl (C=O) groups excluding carboxylic acids is 1. The third-order valence-corrected chi connectivity index (χ3v) is 5.62. The molecule has 2 aromatic rings. The van der Waals surface area contributed by atoms with Crippen LogP contribution in [0.25, 0.3) is 11.1 Å². The minimum absolute atomic E-state index is 0.211. The van der Waals surface area contributed by atoms with E-state index >= 15 is 0 Å². The molecule has 0 radical (unpaired) electrons. The summed E-state index contributed by atoms with van der Waals surface area (Å²) in [6.45, 7) is 4.40. The highest BCUT2D eigenvalue weighted by atomic mass is 32.2. The lowest BCUT2D eigenvalue weighted by Crippen LogP contribution is -2.45. The maximum atomic E-state index is 12.4. The highest BCUT2D eigenvalue weighted by Crippen LogP contribution is 2.27. The first-order chi connectivity index (χ1) is 12.4. The molecular formula is C17H21N5O3S. The molecule has 0 spiro atoms. The van der Waals surface area contributed by atoms with E-state index in [1.165, 1.54) is 11.2 Å². The molecule has 3 heterocycles. The molecular weight excluding hydrogens is 354 g/mol. The maximum absolute atomic E-state index is 12.4. The number of nitrogens with zero attached hydrogens (tertiary/aromatic N) is 3. The molecule has 0 aliphatic carbocycles. The number of hydrogen-bond donors (Lipinski definition) is 2. The molecule has 0 saturated carbocycles. The third kappa shape index (κ3) is 4.00. The quantitative estimate of drug-likeness (QED) is 0.804. The van der Waals surface area contributed by atoms with Gasteiger partial charge in [0.1, 0.15) is 5.82 Å². The molecule has 0 bridgehead atoms. The van der Waals surface area contributed by atoms with E-state index in [0.29, 0.717) is 36.7 Å². The number of anilines is 2. The van der Waals surface area contributed by atoms with E-state index in [2.05, 4.69) is 20.0 Å². The number of aromatic nitrogens is 2. The summed E-state index contributed by atoms with van der Waals surface area (Å²) in [6, 6.07) is 5.26. The number of hydrogen-bond acceptors (Lipinski definition) is 5. The van der Waals surface area contributed by atoms with Gasteiger partial charge in [0.25, 0.3) is 0 Å². The Labute approximate surface area is 152 Å². The summed E-state index contributed by atoms with van der Waals surface area (Å²) >= 11 is 0. The van der Waals surface area contributed by atoms with Crippen LogP contribution in [-0.2, 0) is 21.4 Å². The summed E-state index contributed by atoms with van der Waals surface area (Å²) in [6.07, 6.45) is 4.75. The number of pyridine rings is 2. The summed E-state index contributed by atoms with van der Waals surface area (Å²) < 4.78 is 28.9. The van der Waals surface area contributed by atoms with Gasteiger partial charge in [0.05, 0.1) is 11.4 Å². The molecule has 2 aromatic heterocycles. The van der Waals surface area contributed by atoms with Crippen molar-refractivity contribution in [3.8, 4) is 11.1 Å². The molecule has 1 amide bonds. The summed E-state index contributed by atoms with van der Waals surface area (Å²) in [4.78, 5) is 19.7. The fourth-order valence-electron chi connectivity index (χ4n) is 2.61. The normalized spacial score (nSPS) is 14.5. The van der Waals surface area contributed by atoms with Crippen LogP contribution in [0.4, 0.5) is 11.5 Å². The van der Waals surface area contributed by atoms with Crippen LogP contribution >= 0.6 is 0 Å². The molecule has 3 rings (SSSR count). The minimum atomic E-state index is -3.56. The Balaban J connectivity index is 1.93. The predicted octanol–water partition coefficient (Wildman–Crippen LogP) is 2.03. The van der Waals surface area contributed by atoms with E-state index in [9.17, 15) is 13.2 Å². The maximum Gasteiger partial charge on any atom is 0.301 e. The Morgan fingerprint density at radius 1 is 1.23 bits per heavy atom. The van der Waals surface area contributed by atoms with E-state index in [4.69, 9.17) is 0 Å². The predicted molar refractivity (Wildman–Crippen MR) is 99.9 cm³/mol. The lowest BCUT2D eigenvalue weighted by atomic mass is 10.1. The second-order valence-corrected chi connectivity index (χ2v) is 7.71. The molecule has 26 heavy (non-hydrogen) atoms. The highest BCUT2D eigenvalue weighted by Gasteiger charge is 2.28. The number of amides is 1. The second-order valence-electron chi connectivity index (χ2n) is 6.04. The second kappa shape index (κ2) is 7.38. The van der Waals surface area contributed by atoms with Gasteiger partial charge < -0.3 is 5.32 Å². The van der Waals surface area contributed by atoms with Gasteiger partial charge in [-0.05, 0) is 36.6 Å². The summed E-state index contributed by atoms with van der Waals surface area (Å²) in [5.74, 6) is 0.217. The van der Waals surface area contributed by atoms with Crippen LogP contribution in [0.5, 0.6) is 0 Å². The molecule has 0 aromatic carbocycles. The van der Waals surface area contributed by atoms with Gasteiger partial charge in [0.15, 0.2) is 0 Å². The largest absolute Gasteiger partial charge is 0.311 e. The van der Waals surface area contributed by atoms with Crippen molar-refractivity contribution in [1.29, 1.82) is 0 Å². The number of aryl methyl sites for hydroxylation is 1. The average molecular weight is 375 g/mol. The van der Waals surface area contributed by atoms with Crippen molar-refractivity contribution in [3.05, 3.63) is 36.3 Å². The molecule has 8 nitrogen and oxygen atoms in total. The zero-order valence-electron chi connectivity index (χ0n) is 14.7. The van der Waals surface area contributed by atoms with Crippen molar-refractivity contribution in [2.45, 2.75) is 26.7 Å². The first kappa shape index (κ1) is 18.3. The Morgan fingerprint density at radius 3 is 2.62 bits per heavy atom. The number of rotatable bonds is 6. The van der Waals surface area contributed by atoms with Crippen molar-refractivity contribution >= 4 is 27.6 Å². The highest BCUT2D eigenvalue weighted by molar-refractivity contribution is 7.90. The van der Waals surface area contributed by atoms with Crippen molar-refractivity contribution in [2.24, 2.45) is 0 Å². The van der Waals surface area contributed by atoms with Crippen molar-refractivity contribution in [2.75, 3.05) is 23.1 Å². The lowest BCUT2D eigenvalue weighted by Gasteiger charge is -2.30. The van der Waals surface area contributed by atoms with E-state index in [0.717, 1.165) is 17.5 Å². The Bertz CT molecular complexity index is 926. The summed E-state index contributed by atoms with van der Waals surface area (Å²) in [5, 5.41) is 2.63. The number of nitrogens with one attached hydrogen (secondary N) is 2. The molecule has 2 N–H and O–H groups in total. The summed E-state index contributed by atoms with van der Waals surface area (Å²) in [7, 11) is -3.56. The number of carbonyl (C=O) groups is 1. The van der Waals surface area contributed by atoms with Gasteiger partial charge in [-0.15, -0.1) is 0 Å². The average Bonchev–Trinajstić information content (AvgIpc) is 2.52. The van der Waals surface area contributed by atoms with Crippen LogP contribution in [0.1, 0.15) is 26.0 Å². The van der Waals surface area contributed by atoms with Crippen molar-refractivity contribution < 1.29 is 13.2 Å². The standard InChI is InChI=1S/C17H21N5O3S/c1-3-15-16(21-26(24,25)22-7-4-8-22)9-14(11-19-15)13-5-6-18-17(10-13)20-12(2)23/h5-6,9-11,21H,3-4,7-8H2,1-2H3,(H,18,20,23). The fraction of sp³-hybridized carbons (Fsp3) is 0.353. The zero-order valence-corrected chi connectivity index (χ0v) is 15.5. The van der Waals surface area contributed by atoms with Crippen molar-refractivity contribution in [1.82, 2.24) is 14.3 Å². The minimum Gasteiger partial charge on any atom is -0.311 e. The SMILES string of the molecule is CCc1ncc(-c2ccnc(NC(C)=O)c2)cc1NS(=O)(=O)N1CCC1. The van der Waals surface area contributed by atoms with Crippen LogP contribution in [-0.4, -0.2) is 41.7 Å². The van der Waals surface area contributed by atoms with Gasteiger partial charge in [-0.25, -0.2) is 4.98 Å². The third-order valence-electron chi connectivity index (χ3n) is 4.10. The smallest absolute Gasteiger partial charge is 0.301 e. The summed E-state index contributed by atoms with van der Waals surface area (Å²) in [5.41, 5.74) is 2.66. The van der Waals surface area contributed by atoms with Crippen molar-refractivity contribution in [3.63, 3.8) is 0 Å². The van der Waals surface area contributed by atoms with Gasteiger partial charge in [-0.2, -0.15) is 12.7 Å². The molecule has 1 saturated heterocycles. The van der Waals surface area contributed by atoms with Gasteiger partial charge in [-0.3, -0.25) is 14.5 Å². The Kier molecular flexibility index (Phi) is 5.19. The molecule has 138 valence electrons. The molecule has 9 heteroatoms. The van der Waals surface area contributed by atoms with Crippen LogP contribution in [0.15, 0.2) is 30.6 Å². The van der Waals surface area contributed by atoms with E-state index < -0.39 is 10.2 Å². The first-order valence-electron chi connectivity index (χ1n) is 8.40. The molecule has 1 fully saturated rings. The van der Waals surface area contributed by atoms with Gasteiger partial charge in [0, 0.05) is 38.0 Å². The molecule has 1 aliphatic heterocycles. The zero-order chi connectivity index (χ0) is 18.7. The first-order valence-corrected chi connectivity index (χ1v) is 9.84.